The molecule has 1 nitrogen and oxygen atoms in total. The lowest BCUT2D eigenvalue weighted by Crippen LogP contribution is -2.30. The van der Waals surface area contributed by atoms with Gasteiger partial charge in [0.25, 0.3) is 0 Å². The number of hydrogen-bond acceptors (Lipinski definition) is 1. The van der Waals surface area contributed by atoms with Gasteiger partial charge in [-0.25, -0.2) is 4.39 Å². The first-order valence-corrected chi connectivity index (χ1v) is 6.46. The molecule has 3 heteroatoms. The monoisotopic (exact) mass is 288 g/mol. The smallest absolute Gasteiger partial charge is 0.123 e. The lowest BCUT2D eigenvalue weighted by molar-refractivity contribution is 0.0269. The van der Waals surface area contributed by atoms with E-state index in [-0.39, 0.29) is 5.82 Å². The van der Waals surface area contributed by atoms with Crippen LogP contribution in [-0.2, 0) is 6.42 Å². The molecule has 1 unspecified atom stereocenters. The Kier molecular flexibility index (Phi) is 4.93. The summed E-state index contributed by atoms with van der Waals surface area (Å²) >= 11 is 3.39. The Morgan fingerprint density at radius 3 is 2.62 bits per heavy atom. The first kappa shape index (κ1) is 13.7. The summed E-state index contributed by atoms with van der Waals surface area (Å²) in [5.41, 5.74) is 0.114. The van der Waals surface area contributed by atoms with Crippen molar-refractivity contribution in [2.24, 2.45) is 0 Å². The van der Waals surface area contributed by atoms with Gasteiger partial charge in [-0.2, -0.15) is 0 Å². The van der Waals surface area contributed by atoms with E-state index >= 15 is 0 Å². The highest BCUT2D eigenvalue weighted by Gasteiger charge is 2.24. The molecular formula is C13H18BrFO. The van der Waals surface area contributed by atoms with Crippen molar-refractivity contribution in [1.82, 2.24) is 0 Å². The molecule has 0 saturated heterocycles. The number of halogens is 2. The van der Waals surface area contributed by atoms with Crippen molar-refractivity contribution in [3.8, 4) is 0 Å². The standard InChI is InChI=1S/C13H18BrFO/c1-3-7-13(16,4-2)9-10-8-11(15)5-6-12(10)14/h5-6,8,16H,3-4,7,9H2,1-2H3. The minimum atomic E-state index is -0.717. The minimum Gasteiger partial charge on any atom is -0.390 e. The van der Waals surface area contributed by atoms with Crippen LogP contribution in [0.5, 0.6) is 0 Å². The predicted octanol–water partition coefficient (Wildman–Crippen LogP) is 4.07. The second-order valence-corrected chi connectivity index (χ2v) is 5.09. The zero-order valence-electron chi connectivity index (χ0n) is 9.76. The number of benzene rings is 1. The topological polar surface area (TPSA) is 20.2 Å². The van der Waals surface area contributed by atoms with Crippen molar-refractivity contribution in [3.63, 3.8) is 0 Å². The third-order valence-corrected chi connectivity index (χ3v) is 3.67. The molecule has 1 rings (SSSR count). The van der Waals surface area contributed by atoms with E-state index in [0.29, 0.717) is 12.8 Å². The number of hydrogen-bond donors (Lipinski definition) is 1. The van der Waals surface area contributed by atoms with Crippen LogP contribution in [-0.4, -0.2) is 10.7 Å². The highest BCUT2D eigenvalue weighted by Crippen LogP contribution is 2.27. The molecule has 0 aromatic heterocycles. The van der Waals surface area contributed by atoms with Crippen LogP contribution in [0.3, 0.4) is 0 Å². The van der Waals surface area contributed by atoms with Crippen LogP contribution in [0.2, 0.25) is 0 Å². The normalized spacial score (nSPS) is 14.8. The van der Waals surface area contributed by atoms with Crippen molar-refractivity contribution >= 4 is 15.9 Å². The summed E-state index contributed by atoms with van der Waals surface area (Å²) in [7, 11) is 0. The molecule has 0 aliphatic rings. The van der Waals surface area contributed by atoms with E-state index in [1.807, 2.05) is 13.8 Å². The molecule has 90 valence electrons. The van der Waals surface area contributed by atoms with Gasteiger partial charge in [-0.1, -0.05) is 36.2 Å². The quantitative estimate of drug-likeness (QED) is 0.866. The van der Waals surface area contributed by atoms with Gasteiger partial charge < -0.3 is 5.11 Å². The van der Waals surface area contributed by atoms with E-state index in [1.165, 1.54) is 12.1 Å². The molecule has 1 atom stereocenters. The van der Waals surface area contributed by atoms with Crippen LogP contribution in [0.1, 0.15) is 38.7 Å². The Labute approximate surface area is 105 Å². The van der Waals surface area contributed by atoms with Crippen LogP contribution < -0.4 is 0 Å². The maximum atomic E-state index is 13.1. The van der Waals surface area contributed by atoms with Crippen LogP contribution in [0.4, 0.5) is 4.39 Å². The third-order valence-electron chi connectivity index (χ3n) is 2.90. The van der Waals surface area contributed by atoms with Gasteiger partial charge in [0.15, 0.2) is 0 Å². The summed E-state index contributed by atoms with van der Waals surface area (Å²) in [5.74, 6) is -0.256. The van der Waals surface area contributed by atoms with Gasteiger partial charge in [0.05, 0.1) is 5.60 Å². The average molecular weight is 289 g/mol. The van der Waals surface area contributed by atoms with Gasteiger partial charge in [-0.3, -0.25) is 0 Å². The predicted molar refractivity (Wildman–Crippen MR) is 68.0 cm³/mol. The van der Waals surface area contributed by atoms with Crippen molar-refractivity contribution < 1.29 is 9.50 Å². The first-order chi connectivity index (χ1) is 7.50. The molecule has 0 amide bonds. The maximum Gasteiger partial charge on any atom is 0.123 e. The van der Waals surface area contributed by atoms with Crippen LogP contribution in [0.15, 0.2) is 22.7 Å². The largest absolute Gasteiger partial charge is 0.390 e. The summed E-state index contributed by atoms with van der Waals surface area (Å²) in [5, 5.41) is 10.3. The summed E-state index contributed by atoms with van der Waals surface area (Å²) in [6, 6.07) is 4.59. The molecule has 1 aromatic carbocycles. The molecule has 16 heavy (non-hydrogen) atoms. The molecule has 0 radical (unpaired) electrons. The average Bonchev–Trinajstić information content (AvgIpc) is 2.24. The highest BCUT2D eigenvalue weighted by molar-refractivity contribution is 9.10. The zero-order valence-corrected chi connectivity index (χ0v) is 11.3. The molecule has 0 aliphatic heterocycles. The van der Waals surface area contributed by atoms with Gasteiger partial charge in [0, 0.05) is 10.9 Å². The fourth-order valence-corrected chi connectivity index (χ4v) is 2.28. The van der Waals surface area contributed by atoms with E-state index in [1.54, 1.807) is 6.07 Å². The fourth-order valence-electron chi connectivity index (χ4n) is 1.89. The van der Waals surface area contributed by atoms with E-state index in [0.717, 1.165) is 22.9 Å². The van der Waals surface area contributed by atoms with E-state index in [2.05, 4.69) is 15.9 Å². The summed E-state index contributed by atoms with van der Waals surface area (Å²) < 4.78 is 14.0. The van der Waals surface area contributed by atoms with Crippen molar-refractivity contribution in [2.45, 2.75) is 45.1 Å². The Morgan fingerprint density at radius 1 is 1.38 bits per heavy atom. The summed E-state index contributed by atoms with van der Waals surface area (Å²) in [4.78, 5) is 0. The first-order valence-electron chi connectivity index (χ1n) is 5.67. The second-order valence-electron chi connectivity index (χ2n) is 4.24. The van der Waals surface area contributed by atoms with Crippen LogP contribution >= 0.6 is 15.9 Å². The molecule has 1 aromatic rings. The molecule has 0 saturated carbocycles. The van der Waals surface area contributed by atoms with Gasteiger partial charge >= 0.3 is 0 Å². The zero-order chi connectivity index (χ0) is 12.2. The third kappa shape index (κ3) is 3.56. The highest BCUT2D eigenvalue weighted by atomic mass is 79.9. The molecular weight excluding hydrogens is 271 g/mol. The van der Waals surface area contributed by atoms with Crippen molar-refractivity contribution in [3.05, 3.63) is 34.1 Å². The van der Waals surface area contributed by atoms with E-state index < -0.39 is 5.60 Å². The van der Waals surface area contributed by atoms with Gasteiger partial charge in [0.2, 0.25) is 0 Å². The SMILES string of the molecule is CCCC(O)(CC)Cc1cc(F)ccc1Br. The molecule has 0 heterocycles. The van der Waals surface area contributed by atoms with Crippen LogP contribution in [0.25, 0.3) is 0 Å². The van der Waals surface area contributed by atoms with E-state index in [9.17, 15) is 9.50 Å². The van der Waals surface area contributed by atoms with Crippen molar-refractivity contribution in [2.75, 3.05) is 0 Å². The van der Waals surface area contributed by atoms with Gasteiger partial charge in [-0.05, 0) is 36.6 Å². The fraction of sp³-hybridized carbons (Fsp3) is 0.538. The van der Waals surface area contributed by atoms with Gasteiger partial charge in [-0.15, -0.1) is 0 Å². The maximum absolute atomic E-state index is 13.1. The van der Waals surface area contributed by atoms with E-state index in [4.69, 9.17) is 0 Å². The van der Waals surface area contributed by atoms with Gasteiger partial charge in [0.1, 0.15) is 5.82 Å². The number of rotatable bonds is 5. The molecule has 0 fully saturated rings. The lowest BCUT2D eigenvalue weighted by atomic mass is 9.88. The molecule has 0 spiro atoms. The van der Waals surface area contributed by atoms with Crippen LogP contribution in [0, 0.1) is 5.82 Å². The molecule has 1 N–H and O–H groups in total. The molecule has 0 bridgehead atoms. The van der Waals surface area contributed by atoms with Crippen molar-refractivity contribution in [1.29, 1.82) is 0 Å². The summed E-state index contributed by atoms with van der Waals surface area (Å²) in [6.07, 6.45) is 2.85. The Morgan fingerprint density at radius 2 is 2.06 bits per heavy atom. The number of aliphatic hydroxyl groups is 1. The molecule has 0 aliphatic carbocycles. The summed E-state index contributed by atoms with van der Waals surface area (Å²) in [6.45, 7) is 4.00. The Balaban J connectivity index is 2.89. The Hall–Kier alpha value is -0.410. The lowest BCUT2D eigenvalue weighted by Gasteiger charge is -2.27. The Bertz CT molecular complexity index is 354. The second kappa shape index (κ2) is 5.78. The minimum absolute atomic E-state index is 0.256.